The van der Waals surface area contributed by atoms with Crippen molar-refractivity contribution in [2.75, 3.05) is 38.0 Å². The lowest BCUT2D eigenvalue weighted by Gasteiger charge is -2.33. The zero-order valence-electron chi connectivity index (χ0n) is 14.7. The Kier molecular flexibility index (Phi) is 6.43. The number of carbonyl (C=O) groups excluding carboxylic acids is 1. The molecule has 2 aromatic rings. The van der Waals surface area contributed by atoms with E-state index >= 15 is 0 Å². The van der Waals surface area contributed by atoms with Crippen molar-refractivity contribution < 1.29 is 13.2 Å². The number of amides is 1. The van der Waals surface area contributed by atoms with Crippen molar-refractivity contribution in [1.29, 1.82) is 0 Å². The molecule has 1 fully saturated rings. The summed E-state index contributed by atoms with van der Waals surface area (Å²) in [5.74, 6) is -0.209. The highest BCUT2D eigenvalue weighted by Crippen LogP contribution is 2.18. The van der Waals surface area contributed by atoms with E-state index in [2.05, 4.69) is 10.3 Å². The molecule has 0 saturated carbocycles. The smallest absolute Gasteiger partial charge is 0.238 e. The monoisotopic (exact) mass is 408 g/mol. The van der Waals surface area contributed by atoms with Crippen LogP contribution in [0, 0.1) is 0 Å². The number of carbonyl (C=O) groups is 1. The Morgan fingerprint density at radius 1 is 1.07 bits per heavy atom. The van der Waals surface area contributed by atoms with Gasteiger partial charge in [-0.25, -0.2) is 13.4 Å². The average molecular weight is 409 g/mol. The Balaban J connectivity index is 1.50. The predicted molar refractivity (Wildman–Crippen MR) is 105 cm³/mol. The van der Waals surface area contributed by atoms with Gasteiger partial charge in [-0.05, 0) is 17.7 Å². The van der Waals surface area contributed by atoms with Crippen molar-refractivity contribution in [3.05, 3.63) is 59.4 Å². The lowest BCUT2D eigenvalue weighted by atomic mass is 10.2. The molecule has 1 aliphatic rings. The van der Waals surface area contributed by atoms with Gasteiger partial charge in [-0.15, -0.1) is 0 Å². The fourth-order valence-corrected chi connectivity index (χ4v) is 4.60. The summed E-state index contributed by atoms with van der Waals surface area (Å²) >= 11 is 5.93. The zero-order chi connectivity index (χ0) is 19.3. The van der Waals surface area contributed by atoms with Gasteiger partial charge in [-0.3, -0.25) is 9.69 Å². The van der Waals surface area contributed by atoms with E-state index in [0.717, 1.165) is 5.56 Å². The fraction of sp³-hybridized carbons (Fsp3) is 0.333. The summed E-state index contributed by atoms with van der Waals surface area (Å²) < 4.78 is 26.6. The van der Waals surface area contributed by atoms with Crippen LogP contribution in [0.4, 0.5) is 5.69 Å². The van der Waals surface area contributed by atoms with Crippen molar-refractivity contribution in [2.45, 2.75) is 5.75 Å². The van der Waals surface area contributed by atoms with E-state index in [-0.39, 0.29) is 23.4 Å². The summed E-state index contributed by atoms with van der Waals surface area (Å²) in [6, 6.07) is 12.5. The van der Waals surface area contributed by atoms with E-state index < -0.39 is 10.0 Å². The lowest BCUT2D eigenvalue weighted by molar-refractivity contribution is -0.117. The quantitative estimate of drug-likeness (QED) is 0.737. The Labute approximate surface area is 164 Å². The van der Waals surface area contributed by atoms with Crippen LogP contribution in [0.2, 0.25) is 5.15 Å². The molecular weight excluding hydrogens is 388 g/mol. The van der Waals surface area contributed by atoms with Crippen LogP contribution in [0.5, 0.6) is 0 Å². The second-order valence-corrected chi connectivity index (χ2v) is 8.63. The van der Waals surface area contributed by atoms with Gasteiger partial charge in [-0.2, -0.15) is 4.31 Å². The van der Waals surface area contributed by atoms with Gasteiger partial charge in [0.25, 0.3) is 0 Å². The number of hydrogen-bond donors (Lipinski definition) is 1. The Morgan fingerprint density at radius 3 is 2.44 bits per heavy atom. The fourth-order valence-electron chi connectivity index (χ4n) is 2.91. The normalized spacial score (nSPS) is 16.2. The molecular formula is C18H21ClN4O3S. The minimum atomic E-state index is -3.36. The van der Waals surface area contributed by atoms with Crippen molar-refractivity contribution >= 4 is 33.2 Å². The number of pyridine rings is 1. The van der Waals surface area contributed by atoms with Gasteiger partial charge in [-0.1, -0.05) is 41.9 Å². The number of anilines is 1. The number of piperazine rings is 1. The van der Waals surface area contributed by atoms with Crippen LogP contribution in [-0.2, 0) is 20.6 Å². The molecule has 7 nitrogen and oxygen atoms in total. The van der Waals surface area contributed by atoms with E-state index in [9.17, 15) is 13.2 Å². The Hall–Kier alpha value is -2.00. The van der Waals surface area contributed by atoms with Gasteiger partial charge in [0.2, 0.25) is 15.9 Å². The van der Waals surface area contributed by atoms with Crippen molar-refractivity contribution in [3.63, 3.8) is 0 Å². The third kappa shape index (κ3) is 5.49. The number of aromatic nitrogens is 1. The molecule has 0 atom stereocenters. The highest BCUT2D eigenvalue weighted by molar-refractivity contribution is 7.88. The summed E-state index contributed by atoms with van der Waals surface area (Å²) in [5.41, 5.74) is 1.24. The van der Waals surface area contributed by atoms with Crippen LogP contribution < -0.4 is 5.32 Å². The molecule has 1 saturated heterocycles. The first-order valence-electron chi connectivity index (χ1n) is 8.58. The Bertz CT molecular complexity index is 884. The predicted octanol–water partition coefficient (Wildman–Crippen LogP) is 1.82. The van der Waals surface area contributed by atoms with Crippen LogP contribution in [0.15, 0.2) is 48.7 Å². The highest BCUT2D eigenvalue weighted by Gasteiger charge is 2.27. The van der Waals surface area contributed by atoms with Gasteiger partial charge in [0, 0.05) is 32.4 Å². The summed E-state index contributed by atoms with van der Waals surface area (Å²) in [5, 5.41) is 2.96. The largest absolute Gasteiger partial charge is 0.322 e. The molecule has 0 bridgehead atoms. The number of nitrogens with zero attached hydrogens (tertiary/aromatic N) is 3. The number of benzene rings is 1. The molecule has 1 amide bonds. The first-order valence-corrected chi connectivity index (χ1v) is 10.6. The maximum Gasteiger partial charge on any atom is 0.238 e. The molecule has 1 aromatic heterocycles. The molecule has 1 aliphatic heterocycles. The standard InChI is InChI=1S/C18H21ClN4O3S/c19-18-16(7-4-8-20-18)21-17(24)13-22-9-11-23(12-10-22)27(25,26)14-15-5-2-1-3-6-15/h1-8H,9-14H2,(H,21,24). The minimum absolute atomic E-state index is 0.00612. The maximum atomic E-state index is 12.6. The van der Waals surface area contributed by atoms with Gasteiger partial charge in [0.1, 0.15) is 0 Å². The van der Waals surface area contributed by atoms with Gasteiger partial charge in [0.05, 0.1) is 18.0 Å². The van der Waals surface area contributed by atoms with E-state index in [4.69, 9.17) is 11.6 Å². The van der Waals surface area contributed by atoms with Crippen molar-refractivity contribution in [3.8, 4) is 0 Å². The molecule has 0 radical (unpaired) electrons. The molecule has 0 unspecified atom stereocenters. The third-order valence-electron chi connectivity index (χ3n) is 4.32. The minimum Gasteiger partial charge on any atom is -0.322 e. The molecule has 0 spiro atoms. The zero-order valence-corrected chi connectivity index (χ0v) is 16.3. The van der Waals surface area contributed by atoms with E-state index in [1.165, 1.54) is 4.31 Å². The van der Waals surface area contributed by atoms with Crippen LogP contribution in [0.1, 0.15) is 5.56 Å². The van der Waals surface area contributed by atoms with Crippen LogP contribution in [0.25, 0.3) is 0 Å². The molecule has 2 heterocycles. The maximum absolute atomic E-state index is 12.6. The highest BCUT2D eigenvalue weighted by atomic mass is 35.5. The first-order chi connectivity index (χ1) is 12.9. The molecule has 1 aromatic carbocycles. The molecule has 27 heavy (non-hydrogen) atoms. The van der Waals surface area contributed by atoms with Gasteiger partial charge >= 0.3 is 0 Å². The molecule has 9 heteroatoms. The summed E-state index contributed by atoms with van der Waals surface area (Å²) in [6.07, 6.45) is 1.55. The Morgan fingerprint density at radius 2 is 1.78 bits per heavy atom. The summed E-state index contributed by atoms with van der Waals surface area (Å²) in [7, 11) is -3.36. The van der Waals surface area contributed by atoms with Crippen molar-refractivity contribution in [2.24, 2.45) is 0 Å². The van der Waals surface area contributed by atoms with E-state index in [0.29, 0.717) is 31.9 Å². The topological polar surface area (TPSA) is 82.6 Å². The van der Waals surface area contributed by atoms with E-state index in [1.54, 1.807) is 18.3 Å². The van der Waals surface area contributed by atoms with Crippen molar-refractivity contribution in [1.82, 2.24) is 14.2 Å². The number of hydrogen-bond acceptors (Lipinski definition) is 5. The van der Waals surface area contributed by atoms with Crippen LogP contribution in [0.3, 0.4) is 0 Å². The number of halogens is 1. The second kappa shape index (κ2) is 8.79. The molecule has 3 rings (SSSR count). The molecule has 0 aliphatic carbocycles. The number of sulfonamides is 1. The van der Waals surface area contributed by atoms with Gasteiger partial charge < -0.3 is 5.32 Å². The average Bonchev–Trinajstić information content (AvgIpc) is 2.64. The SMILES string of the molecule is O=C(CN1CCN(S(=O)(=O)Cc2ccccc2)CC1)Nc1cccnc1Cl. The number of rotatable bonds is 6. The molecule has 144 valence electrons. The number of nitrogens with one attached hydrogen (secondary N) is 1. The van der Waals surface area contributed by atoms with Crippen LogP contribution >= 0.6 is 11.6 Å². The van der Waals surface area contributed by atoms with E-state index in [1.807, 2.05) is 35.2 Å². The summed E-state index contributed by atoms with van der Waals surface area (Å²) in [4.78, 5) is 18.0. The van der Waals surface area contributed by atoms with Gasteiger partial charge in [0.15, 0.2) is 5.15 Å². The lowest BCUT2D eigenvalue weighted by Crippen LogP contribution is -2.50. The summed E-state index contributed by atoms with van der Waals surface area (Å²) in [6.45, 7) is 1.93. The second-order valence-electron chi connectivity index (χ2n) is 6.31. The van der Waals surface area contributed by atoms with Crippen LogP contribution in [-0.4, -0.2) is 61.2 Å². The third-order valence-corrected chi connectivity index (χ3v) is 6.47. The molecule has 1 N–H and O–H groups in total. The first kappa shape index (κ1) is 19.8.